The highest BCUT2D eigenvalue weighted by Crippen LogP contribution is 2.22. The SMILES string of the molecule is CCNC(=NCC(O)COCC(C)C)NCCc1c[nH]c2cccc(C)c12. The van der Waals surface area contributed by atoms with Crippen molar-refractivity contribution in [1.29, 1.82) is 0 Å². The summed E-state index contributed by atoms with van der Waals surface area (Å²) in [4.78, 5) is 7.81. The highest BCUT2D eigenvalue weighted by atomic mass is 16.5. The maximum absolute atomic E-state index is 10.0. The highest BCUT2D eigenvalue weighted by molar-refractivity contribution is 5.86. The molecular formula is C21H34N4O2. The number of aromatic amines is 1. The summed E-state index contributed by atoms with van der Waals surface area (Å²) < 4.78 is 5.47. The number of aliphatic imine (C=N–C) groups is 1. The predicted octanol–water partition coefficient (Wildman–Crippen LogP) is 2.61. The monoisotopic (exact) mass is 374 g/mol. The van der Waals surface area contributed by atoms with E-state index in [1.54, 1.807) is 0 Å². The lowest BCUT2D eigenvalue weighted by Gasteiger charge is -2.14. The first kappa shape index (κ1) is 21.3. The maximum Gasteiger partial charge on any atom is 0.191 e. The third kappa shape index (κ3) is 6.88. The molecule has 150 valence electrons. The van der Waals surface area contributed by atoms with E-state index in [0.717, 1.165) is 25.5 Å². The van der Waals surface area contributed by atoms with E-state index in [-0.39, 0.29) is 0 Å². The molecule has 1 unspecified atom stereocenters. The number of ether oxygens (including phenoxy) is 1. The van der Waals surface area contributed by atoms with Crippen LogP contribution in [0.3, 0.4) is 0 Å². The highest BCUT2D eigenvalue weighted by Gasteiger charge is 2.08. The standard InChI is InChI=1S/C21H34N4O2/c1-5-22-21(25-12-18(26)14-27-13-15(2)3)23-10-9-17-11-24-19-8-6-7-16(4)20(17)19/h6-8,11,15,18,24,26H,5,9-10,12-14H2,1-4H3,(H2,22,23,25). The smallest absolute Gasteiger partial charge is 0.191 e. The first-order valence-electron chi connectivity index (χ1n) is 9.84. The summed E-state index contributed by atoms with van der Waals surface area (Å²) in [5, 5.41) is 17.9. The minimum Gasteiger partial charge on any atom is -0.389 e. The quantitative estimate of drug-likeness (QED) is 0.381. The van der Waals surface area contributed by atoms with E-state index in [4.69, 9.17) is 4.74 Å². The van der Waals surface area contributed by atoms with Gasteiger partial charge in [-0.05, 0) is 43.4 Å². The predicted molar refractivity (Wildman–Crippen MR) is 112 cm³/mol. The van der Waals surface area contributed by atoms with E-state index in [9.17, 15) is 5.11 Å². The topological polar surface area (TPSA) is 81.7 Å². The molecule has 2 aromatic rings. The van der Waals surface area contributed by atoms with Crippen molar-refractivity contribution in [2.45, 2.75) is 40.2 Å². The van der Waals surface area contributed by atoms with Gasteiger partial charge in [-0.1, -0.05) is 26.0 Å². The van der Waals surface area contributed by atoms with Crippen LogP contribution >= 0.6 is 0 Å². The minimum absolute atomic E-state index is 0.315. The normalized spacial score (nSPS) is 13.3. The van der Waals surface area contributed by atoms with Crippen molar-refractivity contribution in [3.63, 3.8) is 0 Å². The molecule has 0 saturated carbocycles. The van der Waals surface area contributed by atoms with Gasteiger partial charge in [0.2, 0.25) is 0 Å². The minimum atomic E-state index is -0.588. The lowest BCUT2D eigenvalue weighted by Crippen LogP contribution is -2.39. The molecule has 27 heavy (non-hydrogen) atoms. The molecule has 0 spiro atoms. The second kappa shape index (κ2) is 10.9. The number of guanidine groups is 1. The van der Waals surface area contributed by atoms with Gasteiger partial charge in [0.25, 0.3) is 0 Å². The van der Waals surface area contributed by atoms with Gasteiger partial charge < -0.3 is 25.5 Å². The summed E-state index contributed by atoms with van der Waals surface area (Å²) in [6.45, 7) is 11.2. The van der Waals surface area contributed by atoms with Crippen LogP contribution < -0.4 is 10.6 Å². The van der Waals surface area contributed by atoms with Crippen molar-refractivity contribution in [1.82, 2.24) is 15.6 Å². The summed E-state index contributed by atoms with van der Waals surface area (Å²) in [5.41, 5.74) is 3.76. The van der Waals surface area contributed by atoms with Gasteiger partial charge in [-0.15, -0.1) is 0 Å². The molecule has 0 aliphatic heterocycles. The van der Waals surface area contributed by atoms with Gasteiger partial charge in [0.15, 0.2) is 5.96 Å². The number of nitrogens with zero attached hydrogens (tertiary/aromatic N) is 1. The molecule has 6 heteroatoms. The molecule has 0 radical (unpaired) electrons. The van der Waals surface area contributed by atoms with E-state index in [2.05, 4.69) is 65.8 Å². The van der Waals surface area contributed by atoms with Crippen LogP contribution in [-0.2, 0) is 11.2 Å². The number of fused-ring (bicyclic) bond motifs is 1. The zero-order valence-electron chi connectivity index (χ0n) is 17.0. The molecule has 0 amide bonds. The first-order valence-corrected chi connectivity index (χ1v) is 9.84. The van der Waals surface area contributed by atoms with Crippen LogP contribution in [-0.4, -0.2) is 55.0 Å². The number of hydrogen-bond acceptors (Lipinski definition) is 3. The van der Waals surface area contributed by atoms with Gasteiger partial charge in [0.1, 0.15) is 0 Å². The average molecular weight is 375 g/mol. The lowest BCUT2D eigenvalue weighted by molar-refractivity contribution is 0.0301. The van der Waals surface area contributed by atoms with E-state index in [1.165, 1.54) is 22.0 Å². The molecule has 4 N–H and O–H groups in total. The fourth-order valence-corrected chi connectivity index (χ4v) is 2.99. The van der Waals surface area contributed by atoms with Crippen LogP contribution in [0.4, 0.5) is 0 Å². The number of aryl methyl sites for hydroxylation is 1. The summed E-state index contributed by atoms with van der Waals surface area (Å²) in [5.74, 6) is 1.19. The molecule has 0 saturated heterocycles. The second-order valence-corrected chi connectivity index (χ2v) is 7.29. The average Bonchev–Trinajstić information content (AvgIpc) is 3.04. The fraction of sp³-hybridized carbons (Fsp3) is 0.571. The number of benzene rings is 1. The Hall–Kier alpha value is -2.05. The van der Waals surface area contributed by atoms with Gasteiger partial charge in [0.05, 0.1) is 19.3 Å². The Morgan fingerprint density at radius 2 is 2.07 bits per heavy atom. The van der Waals surface area contributed by atoms with Crippen LogP contribution in [0.5, 0.6) is 0 Å². The third-order valence-electron chi connectivity index (χ3n) is 4.25. The third-order valence-corrected chi connectivity index (χ3v) is 4.25. The Morgan fingerprint density at radius 3 is 2.81 bits per heavy atom. The Bertz CT molecular complexity index is 724. The van der Waals surface area contributed by atoms with Crippen molar-refractivity contribution in [2.75, 3.05) is 32.8 Å². The van der Waals surface area contributed by atoms with Crippen molar-refractivity contribution >= 4 is 16.9 Å². The van der Waals surface area contributed by atoms with Gasteiger partial charge >= 0.3 is 0 Å². The van der Waals surface area contributed by atoms with Gasteiger partial charge in [-0.25, -0.2) is 0 Å². The first-order chi connectivity index (χ1) is 13.0. The van der Waals surface area contributed by atoms with Crippen LogP contribution in [0.15, 0.2) is 29.4 Å². The van der Waals surface area contributed by atoms with Crippen LogP contribution in [0, 0.1) is 12.8 Å². The number of nitrogens with one attached hydrogen (secondary N) is 3. The molecule has 0 aliphatic rings. The zero-order valence-corrected chi connectivity index (χ0v) is 17.0. The molecular weight excluding hydrogens is 340 g/mol. The zero-order chi connectivity index (χ0) is 19.6. The second-order valence-electron chi connectivity index (χ2n) is 7.29. The summed E-state index contributed by atoms with van der Waals surface area (Å²) in [6.07, 6.45) is 2.39. The van der Waals surface area contributed by atoms with Gasteiger partial charge in [0, 0.05) is 36.8 Å². The largest absolute Gasteiger partial charge is 0.389 e. The van der Waals surface area contributed by atoms with E-state index in [0.29, 0.717) is 25.7 Å². The van der Waals surface area contributed by atoms with E-state index in [1.807, 2.05) is 6.92 Å². The lowest BCUT2D eigenvalue weighted by atomic mass is 10.1. The molecule has 2 rings (SSSR count). The number of hydrogen-bond donors (Lipinski definition) is 4. The van der Waals surface area contributed by atoms with Crippen LogP contribution in [0.2, 0.25) is 0 Å². The maximum atomic E-state index is 10.0. The van der Waals surface area contributed by atoms with Crippen LogP contribution in [0.1, 0.15) is 31.9 Å². The Kier molecular flexibility index (Phi) is 8.61. The molecule has 0 bridgehead atoms. The molecule has 1 atom stereocenters. The van der Waals surface area contributed by atoms with Crippen molar-refractivity contribution in [3.05, 3.63) is 35.5 Å². The summed E-state index contributed by atoms with van der Waals surface area (Å²) in [6, 6.07) is 6.32. The van der Waals surface area contributed by atoms with E-state index >= 15 is 0 Å². The van der Waals surface area contributed by atoms with Crippen molar-refractivity contribution < 1.29 is 9.84 Å². The molecule has 0 aliphatic carbocycles. The molecule has 6 nitrogen and oxygen atoms in total. The van der Waals surface area contributed by atoms with Gasteiger partial charge in [-0.3, -0.25) is 4.99 Å². The number of rotatable bonds is 10. The molecule has 0 fully saturated rings. The molecule has 1 aromatic carbocycles. The number of aromatic nitrogens is 1. The number of H-pyrrole nitrogens is 1. The van der Waals surface area contributed by atoms with Gasteiger partial charge in [-0.2, -0.15) is 0 Å². The Balaban J connectivity index is 1.84. The Morgan fingerprint density at radius 1 is 1.26 bits per heavy atom. The van der Waals surface area contributed by atoms with Crippen molar-refractivity contribution in [3.8, 4) is 0 Å². The fourth-order valence-electron chi connectivity index (χ4n) is 2.99. The van der Waals surface area contributed by atoms with Crippen molar-refractivity contribution in [2.24, 2.45) is 10.9 Å². The van der Waals surface area contributed by atoms with E-state index < -0.39 is 6.10 Å². The summed E-state index contributed by atoms with van der Waals surface area (Å²) in [7, 11) is 0. The molecule has 1 aromatic heterocycles. The Labute approximate surface area is 162 Å². The molecule has 1 heterocycles. The summed E-state index contributed by atoms with van der Waals surface area (Å²) >= 11 is 0. The number of aliphatic hydroxyl groups excluding tert-OH is 1. The van der Waals surface area contributed by atoms with Crippen LogP contribution in [0.25, 0.3) is 10.9 Å². The number of aliphatic hydroxyl groups is 1.